The molecule has 0 aliphatic carbocycles. The van der Waals surface area contributed by atoms with E-state index in [1.54, 1.807) is 0 Å². The molecule has 3 heteroatoms. The van der Waals surface area contributed by atoms with Gasteiger partial charge in [-0.05, 0) is 37.9 Å². The third kappa shape index (κ3) is 2.82. The maximum atomic E-state index is 4.60. The average Bonchev–Trinajstić information content (AvgIpc) is 2.88. The van der Waals surface area contributed by atoms with Crippen molar-refractivity contribution in [2.45, 2.75) is 31.7 Å². The molecule has 0 bridgehead atoms. The van der Waals surface area contributed by atoms with Gasteiger partial charge >= 0.3 is 0 Å². The molecular formula is C16H19N3. The van der Waals surface area contributed by atoms with Gasteiger partial charge in [0.15, 0.2) is 0 Å². The molecule has 1 N–H and O–H groups in total. The summed E-state index contributed by atoms with van der Waals surface area (Å²) in [5.74, 6) is 1.37. The van der Waals surface area contributed by atoms with Gasteiger partial charge in [0, 0.05) is 23.9 Å². The minimum atomic E-state index is 0.483. The highest BCUT2D eigenvalue weighted by atomic mass is 15.0. The standard InChI is InChI=1S/C16H19N3/c1-12-17-10-8-15(19-12)14-7-9-18-16(14)11-13-5-3-2-4-6-13/h2-6,8,10,14,16,18H,7,9,11H2,1H3. The molecular weight excluding hydrogens is 234 g/mol. The van der Waals surface area contributed by atoms with Gasteiger partial charge in [0.05, 0.1) is 0 Å². The van der Waals surface area contributed by atoms with Crippen LogP contribution in [0.4, 0.5) is 0 Å². The second-order valence-electron chi connectivity index (χ2n) is 5.17. The molecule has 1 aliphatic heterocycles. The summed E-state index contributed by atoms with van der Waals surface area (Å²) in [6.45, 7) is 3.03. The minimum absolute atomic E-state index is 0.483. The Kier molecular flexibility index (Phi) is 3.56. The van der Waals surface area contributed by atoms with Crippen LogP contribution in [-0.4, -0.2) is 22.6 Å². The van der Waals surface area contributed by atoms with E-state index in [1.165, 1.54) is 11.3 Å². The summed E-state index contributed by atoms with van der Waals surface area (Å²) in [6, 6.07) is 13.2. The molecule has 2 unspecified atom stereocenters. The zero-order valence-electron chi connectivity index (χ0n) is 11.2. The monoisotopic (exact) mass is 253 g/mol. The largest absolute Gasteiger partial charge is 0.313 e. The van der Waals surface area contributed by atoms with Crippen LogP contribution in [0, 0.1) is 6.92 Å². The van der Waals surface area contributed by atoms with Gasteiger partial charge < -0.3 is 5.32 Å². The van der Waals surface area contributed by atoms with Gasteiger partial charge in [-0.25, -0.2) is 9.97 Å². The normalized spacial score (nSPS) is 22.6. The molecule has 1 fully saturated rings. The summed E-state index contributed by atoms with van der Waals surface area (Å²) in [7, 11) is 0. The highest BCUT2D eigenvalue weighted by Crippen LogP contribution is 2.28. The molecule has 0 radical (unpaired) electrons. The first-order valence-corrected chi connectivity index (χ1v) is 6.90. The third-order valence-electron chi connectivity index (χ3n) is 3.82. The summed E-state index contributed by atoms with van der Waals surface area (Å²) >= 11 is 0. The second-order valence-corrected chi connectivity index (χ2v) is 5.17. The Balaban J connectivity index is 1.78. The Morgan fingerprint density at radius 2 is 2.05 bits per heavy atom. The van der Waals surface area contributed by atoms with E-state index in [-0.39, 0.29) is 0 Å². The van der Waals surface area contributed by atoms with Crippen molar-refractivity contribution in [1.82, 2.24) is 15.3 Å². The number of aromatic nitrogens is 2. The zero-order valence-corrected chi connectivity index (χ0v) is 11.2. The molecule has 1 aromatic carbocycles. The Morgan fingerprint density at radius 1 is 1.21 bits per heavy atom. The molecule has 1 saturated heterocycles. The van der Waals surface area contributed by atoms with E-state index in [9.17, 15) is 0 Å². The Morgan fingerprint density at radius 3 is 2.84 bits per heavy atom. The van der Waals surface area contributed by atoms with E-state index < -0.39 is 0 Å². The van der Waals surface area contributed by atoms with Gasteiger partial charge in [0.1, 0.15) is 5.82 Å². The van der Waals surface area contributed by atoms with Crippen molar-refractivity contribution in [3.8, 4) is 0 Å². The van der Waals surface area contributed by atoms with E-state index in [2.05, 4.69) is 51.7 Å². The Bertz CT molecular complexity index is 539. The fourth-order valence-corrected chi connectivity index (χ4v) is 2.89. The van der Waals surface area contributed by atoms with Crippen molar-refractivity contribution in [3.63, 3.8) is 0 Å². The zero-order chi connectivity index (χ0) is 13.1. The number of hydrogen-bond donors (Lipinski definition) is 1. The topological polar surface area (TPSA) is 37.8 Å². The number of hydrogen-bond acceptors (Lipinski definition) is 3. The first-order chi connectivity index (χ1) is 9.33. The van der Waals surface area contributed by atoms with Crippen LogP contribution in [-0.2, 0) is 6.42 Å². The van der Waals surface area contributed by atoms with Crippen LogP contribution in [0.2, 0.25) is 0 Å². The van der Waals surface area contributed by atoms with E-state index in [4.69, 9.17) is 0 Å². The SMILES string of the molecule is Cc1nccc(C2CCNC2Cc2ccccc2)n1. The summed E-state index contributed by atoms with van der Waals surface area (Å²) < 4.78 is 0. The summed E-state index contributed by atoms with van der Waals surface area (Å²) in [5.41, 5.74) is 2.57. The first kappa shape index (κ1) is 12.3. The fourth-order valence-electron chi connectivity index (χ4n) is 2.89. The van der Waals surface area contributed by atoms with Crippen LogP contribution >= 0.6 is 0 Å². The van der Waals surface area contributed by atoms with Gasteiger partial charge in [0.2, 0.25) is 0 Å². The lowest BCUT2D eigenvalue weighted by molar-refractivity contribution is 0.533. The van der Waals surface area contributed by atoms with E-state index in [0.717, 1.165) is 25.2 Å². The highest BCUT2D eigenvalue weighted by Gasteiger charge is 2.29. The Hall–Kier alpha value is -1.74. The van der Waals surface area contributed by atoms with Crippen molar-refractivity contribution in [3.05, 3.63) is 59.7 Å². The molecule has 0 spiro atoms. The van der Waals surface area contributed by atoms with Crippen LogP contribution in [0.15, 0.2) is 42.6 Å². The van der Waals surface area contributed by atoms with Crippen molar-refractivity contribution in [1.29, 1.82) is 0 Å². The molecule has 2 heterocycles. The average molecular weight is 253 g/mol. The summed E-state index contributed by atoms with van der Waals surface area (Å²) in [5, 5.41) is 3.61. The van der Waals surface area contributed by atoms with Crippen molar-refractivity contribution < 1.29 is 0 Å². The van der Waals surface area contributed by atoms with Gasteiger partial charge in [-0.1, -0.05) is 30.3 Å². The molecule has 1 aliphatic rings. The minimum Gasteiger partial charge on any atom is -0.313 e. The molecule has 0 amide bonds. The van der Waals surface area contributed by atoms with Crippen LogP contribution < -0.4 is 5.32 Å². The molecule has 2 aromatic rings. The lowest BCUT2D eigenvalue weighted by atomic mass is 9.92. The van der Waals surface area contributed by atoms with Gasteiger partial charge in [-0.3, -0.25) is 0 Å². The Labute approximate surface area is 114 Å². The van der Waals surface area contributed by atoms with E-state index >= 15 is 0 Å². The lowest BCUT2D eigenvalue weighted by Gasteiger charge is -2.19. The molecule has 0 saturated carbocycles. The lowest BCUT2D eigenvalue weighted by Crippen LogP contribution is -2.28. The maximum Gasteiger partial charge on any atom is 0.125 e. The fraction of sp³-hybridized carbons (Fsp3) is 0.375. The van der Waals surface area contributed by atoms with Crippen molar-refractivity contribution >= 4 is 0 Å². The third-order valence-corrected chi connectivity index (χ3v) is 3.82. The molecule has 3 nitrogen and oxygen atoms in total. The van der Waals surface area contributed by atoms with Crippen molar-refractivity contribution in [2.24, 2.45) is 0 Å². The molecule has 2 atom stereocenters. The molecule has 19 heavy (non-hydrogen) atoms. The number of aryl methyl sites for hydroxylation is 1. The highest BCUT2D eigenvalue weighted by molar-refractivity contribution is 5.20. The number of benzene rings is 1. The van der Waals surface area contributed by atoms with Crippen LogP contribution in [0.5, 0.6) is 0 Å². The molecule has 1 aromatic heterocycles. The number of nitrogens with zero attached hydrogens (tertiary/aromatic N) is 2. The number of rotatable bonds is 3. The van der Waals surface area contributed by atoms with E-state index in [0.29, 0.717) is 12.0 Å². The maximum absolute atomic E-state index is 4.60. The number of nitrogens with one attached hydrogen (secondary N) is 1. The predicted molar refractivity (Wildman–Crippen MR) is 76.1 cm³/mol. The van der Waals surface area contributed by atoms with Gasteiger partial charge in [-0.15, -0.1) is 0 Å². The smallest absolute Gasteiger partial charge is 0.125 e. The molecule has 98 valence electrons. The second kappa shape index (κ2) is 5.49. The van der Waals surface area contributed by atoms with Crippen LogP contribution in [0.25, 0.3) is 0 Å². The molecule has 3 rings (SSSR count). The quantitative estimate of drug-likeness (QED) is 0.913. The van der Waals surface area contributed by atoms with Gasteiger partial charge in [-0.2, -0.15) is 0 Å². The summed E-state index contributed by atoms with van der Waals surface area (Å²) in [4.78, 5) is 8.78. The van der Waals surface area contributed by atoms with Crippen molar-refractivity contribution in [2.75, 3.05) is 6.54 Å². The predicted octanol–water partition coefficient (Wildman–Crippen LogP) is 2.47. The van der Waals surface area contributed by atoms with Crippen LogP contribution in [0.1, 0.15) is 29.4 Å². The van der Waals surface area contributed by atoms with E-state index in [1.807, 2.05) is 13.1 Å². The van der Waals surface area contributed by atoms with Gasteiger partial charge in [0.25, 0.3) is 0 Å². The van der Waals surface area contributed by atoms with Crippen LogP contribution in [0.3, 0.4) is 0 Å². The first-order valence-electron chi connectivity index (χ1n) is 6.90. The summed E-state index contributed by atoms with van der Waals surface area (Å²) in [6.07, 6.45) is 4.10.